The smallest absolute Gasteiger partial charge is 0.408 e. The molecule has 15 nitrogen and oxygen atoms in total. The number of carboxylic acids is 1. The summed E-state index contributed by atoms with van der Waals surface area (Å²) in [6.45, 7) is 7.12. The van der Waals surface area contributed by atoms with Crippen molar-refractivity contribution < 1.29 is 34.1 Å². The highest BCUT2D eigenvalue weighted by molar-refractivity contribution is 5.89. The number of hydrogen-bond donors (Lipinski definition) is 3. The number of carboxylic acid groups (broad SMARTS) is 1. The summed E-state index contributed by atoms with van der Waals surface area (Å²) < 4.78 is 6.56. The number of hydrogen-bond acceptors (Lipinski definition) is 9. The molecule has 0 aliphatic rings. The Morgan fingerprint density at radius 3 is 2.09 bits per heavy atom. The van der Waals surface area contributed by atoms with Gasteiger partial charge < -0.3 is 20.5 Å². The Balaban J connectivity index is 2.12. The predicted molar refractivity (Wildman–Crippen MR) is 170 cm³/mol. The second-order valence-electron chi connectivity index (χ2n) is 12.2. The second kappa shape index (κ2) is 18.4. The molecule has 2 rings (SSSR count). The number of non-ortho nitro benzene ring substituents is 1. The van der Waals surface area contributed by atoms with Gasteiger partial charge in [-0.15, -0.1) is 0 Å². The highest BCUT2D eigenvalue weighted by Crippen LogP contribution is 2.28. The van der Waals surface area contributed by atoms with Crippen LogP contribution in [0.25, 0.3) is 5.69 Å². The van der Waals surface area contributed by atoms with E-state index in [4.69, 9.17) is 4.74 Å². The molecule has 1 aromatic heterocycles. The minimum atomic E-state index is -1.29. The standard InChI is InChI=1S/C31H46N6O9/c1-5-6-7-8-9-10-11-12-13-14-15-24(29(39)40)33-28(38)25(34-30(41)46-31(2,3)4)18-22-20-35(21-32-22)26-17-16-23(36(42)43)19-27(26)37(44)45/h16-17,19-21,24-25H,5-15,18H2,1-4H3,(H,33,38)(H,34,41)(H,39,40)/t24-,25+/m0/s1. The molecule has 2 amide bonds. The van der Waals surface area contributed by atoms with Gasteiger partial charge in [-0.1, -0.05) is 71.1 Å². The van der Waals surface area contributed by atoms with Gasteiger partial charge in [0.15, 0.2) is 0 Å². The van der Waals surface area contributed by atoms with E-state index in [-0.39, 0.29) is 24.2 Å². The summed E-state index contributed by atoms with van der Waals surface area (Å²) in [5.74, 6) is -1.96. The van der Waals surface area contributed by atoms with Crippen LogP contribution in [0.4, 0.5) is 16.2 Å². The Hall–Kier alpha value is -4.56. The number of carbonyl (C=O) groups excluding carboxylic acids is 2. The normalized spacial score (nSPS) is 12.6. The highest BCUT2D eigenvalue weighted by atomic mass is 16.6. The maximum Gasteiger partial charge on any atom is 0.408 e. The molecule has 2 aromatic rings. The molecule has 3 N–H and O–H groups in total. The van der Waals surface area contributed by atoms with Gasteiger partial charge in [0.1, 0.15) is 23.4 Å². The molecule has 0 fully saturated rings. The Morgan fingerprint density at radius 2 is 1.54 bits per heavy atom. The van der Waals surface area contributed by atoms with Gasteiger partial charge >= 0.3 is 12.1 Å². The molecule has 0 unspecified atom stereocenters. The number of benzene rings is 1. The lowest BCUT2D eigenvalue weighted by atomic mass is 10.0. The molecule has 0 saturated carbocycles. The number of aliphatic carboxylic acids is 1. The van der Waals surface area contributed by atoms with Gasteiger partial charge in [-0.2, -0.15) is 0 Å². The molecule has 0 bridgehead atoms. The number of alkyl carbamates (subject to hydrolysis) is 1. The van der Waals surface area contributed by atoms with Crippen LogP contribution in [0.1, 0.15) is 104 Å². The van der Waals surface area contributed by atoms with Gasteiger partial charge in [0.25, 0.3) is 11.4 Å². The third-order valence-corrected chi connectivity index (χ3v) is 7.16. The maximum absolute atomic E-state index is 13.3. The fourth-order valence-corrected chi connectivity index (χ4v) is 4.82. The zero-order valence-electron chi connectivity index (χ0n) is 27.0. The van der Waals surface area contributed by atoms with Crippen molar-refractivity contribution in [1.29, 1.82) is 0 Å². The average Bonchev–Trinajstić information content (AvgIpc) is 3.43. The van der Waals surface area contributed by atoms with E-state index in [1.807, 2.05) is 0 Å². The Bertz CT molecular complexity index is 1340. The van der Waals surface area contributed by atoms with Gasteiger partial charge in [-0.3, -0.25) is 29.6 Å². The zero-order chi connectivity index (χ0) is 34.3. The first-order valence-electron chi connectivity index (χ1n) is 15.7. The van der Waals surface area contributed by atoms with Crippen LogP contribution in [0.5, 0.6) is 0 Å². The molecule has 0 radical (unpaired) electrons. The van der Waals surface area contributed by atoms with Crippen molar-refractivity contribution in [2.75, 3.05) is 0 Å². The average molecular weight is 647 g/mol. The summed E-state index contributed by atoms with van der Waals surface area (Å²) in [7, 11) is 0. The van der Waals surface area contributed by atoms with Gasteiger partial charge in [0.2, 0.25) is 5.91 Å². The summed E-state index contributed by atoms with van der Waals surface area (Å²) in [5.41, 5.74) is -1.64. The van der Waals surface area contributed by atoms with Crippen LogP contribution in [-0.2, 0) is 20.7 Å². The molecular weight excluding hydrogens is 600 g/mol. The third-order valence-electron chi connectivity index (χ3n) is 7.16. The minimum Gasteiger partial charge on any atom is -0.480 e. The Morgan fingerprint density at radius 1 is 0.935 bits per heavy atom. The number of nitro benzene ring substituents is 2. The number of amides is 2. The van der Waals surface area contributed by atoms with Crippen molar-refractivity contribution in [1.82, 2.24) is 20.2 Å². The van der Waals surface area contributed by atoms with Gasteiger partial charge in [-0.05, 0) is 33.3 Å². The number of imidazole rings is 1. The quantitative estimate of drug-likeness (QED) is 0.0867. The lowest BCUT2D eigenvalue weighted by molar-refractivity contribution is -0.394. The van der Waals surface area contributed by atoms with Crippen LogP contribution in [0.3, 0.4) is 0 Å². The van der Waals surface area contributed by atoms with E-state index in [0.29, 0.717) is 6.42 Å². The summed E-state index contributed by atoms with van der Waals surface area (Å²) in [4.78, 5) is 63.3. The fourth-order valence-electron chi connectivity index (χ4n) is 4.82. The van der Waals surface area contributed by atoms with Gasteiger partial charge in [0.05, 0.1) is 27.9 Å². The first kappa shape index (κ1) is 37.6. The number of unbranched alkanes of at least 4 members (excludes halogenated alkanes) is 9. The number of aromatic nitrogens is 2. The van der Waals surface area contributed by atoms with Crippen LogP contribution in [-0.4, -0.2) is 60.2 Å². The predicted octanol–water partition coefficient (Wildman–Crippen LogP) is 6.00. The topological polar surface area (TPSA) is 209 Å². The van der Waals surface area contributed by atoms with E-state index in [1.165, 1.54) is 55.3 Å². The first-order chi connectivity index (χ1) is 21.7. The molecular formula is C31H46N6O9. The summed E-state index contributed by atoms with van der Waals surface area (Å²) in [6, 6.07) is 0.680. The van der Waals surface area contributed by atoms with E-state index in [1.54, 1.807) is 20.8 Å². The first-order valence-corrected chi connectivity index (χ1v) is 15.7. The number of rotatable bonds is 20. The van der Waals surface area contributed by atoms with Crippen LogP contribution < -0.4 is 10.6 Å². The molecule has 0 saturated heterocycles. The van der Waals surface area contributed by atoms with Crippen LogP contribution >= 0.6 is 0 Å². The number of nitrogens with one attached hydrogen (secondary N) is 2. The highest BCUT2D eigenvalue weighted by Gasteiger charge is 2.29. The van der Waals surface area contributed by atoms with E-state index < -0.39 is 56.9 Å². The molecule has 254 valence electrons. The molecule has 0 spiro atoms. The second-order valence-corrected chi connectivity index (χ2v) is 12.2. The van der Waals surface area contributed by atoms with Crippen LogP contribution in [0, 0.1) is 20.2 Å². The number of nitro groups is 2. The molecule has 46 heavy (non-hydrogen) atoms. The minimum absolute atomic E-state index is 0.00196. The summed E-state index contributed by atoms with van der Waals surface area (Å²) in [5, 5.41) is 37.5. The molecule has 0 aliphatic heterocycles. The Kier molecular flexibility index (Phi) is 15.1. The van der Waals surface area contributed by atoms with Crippen molar-refractivity contribution in [3.63, 3.8) is 0 Å². The molecule has 1 aromatic carbocycles. The van der Waals surface area contributed by atoms with Crippen molar-refractivity contribution in [2.45, 2.75) is 122 Å². The van der Waals surface area contributed by atoms with Gasteiger partial charge in [-0.25, -0.2) is 14.6 Å². The lowest BCUT2D eigenvalue weighted by Gasteiger charge is -2.24. The van der Waals surface area contributed by atoms with Crippen molar-refractivity contribution in [3.05, 3.63) is 56.6 Å². The molecule has 15 heteroatoms. The van der Waals surface area contributed by atoms with Gasteiger partial charge in [0, 0.05) is 18.7 Å². The maximum atomic E-state index is 13.3. The SMILES string of the molecule is CCCCCCCCCCCC[C@H](NC(=O)[C@@H](Cc1cn(-c2ccc([N+](=O)[O-])cc2[N+](=O)[O-])cn1)NC(=O)OC(C)(C)C)C(=O)O. The zero-order valence-corrected chi connectivity index (χ0v) is 27.0. The van der Waals surface area contributed by atoms with E-state index in [0.717, 1.165) is 37.8 Å². The van der Waals surface area contributed by atoms with Crippen LogP contribution in [0.2, 0.25) is 0 Å². The van der Waals surface area contributed by atoms with Crippen LogP contribution in [0.15, 0.2) is 30.7 Å². The van der Waals surface area contributed by atoms with Crippen molar-refractivity contribution in [3.8, 4) is 5.69 Å². The monoisotopic (exact) mass is 646 g/mol. The lowest BCUT2D eigenvalue weighted by Crippen LogP contribution is -2.53. The largest absolute Gasteiger partial charge is 0.480 e. The molecule has 1 heterocycles. The Labute approximate surface area is 268 Å². The summed E-state index contributed by atoms with van der Waals surface area (Å²) in [6.07, 6.45) is 12.5. The summed E-state index contributed by atoms with van der Waals surface area (Å²) >= 11 is 0. The van der Waals surface area contributed by atoms with Crippen molar-refractivity contribution in [2.24, 2.45) is 0 Å². The van der Waals surface area contributed by atoms with E-state index in [9.17, 15) is 39.7 Å². The number of carbonyl (C=O) groups is 3. The molecule has 2 atom stereocenters. The van der Waals surface area contributed by atoms with Crippen molar-refractivity contribution >= 4 is 29.3 Å². The van der Waals surface area contributed by atoms with E-state index in [2.05, 4.69) is 22.5 Å². The fraction of sp³-hybridized carbons (Fsp3) is 0.613. The third kappa shape index (κ3) is 13.2. The molecule has 0 aliphatic carbocycles. The van der Waals surface area contributed by atoms with E-state index >= 15 is 0 Å². The number of nitrogens with zero attached hydrogens (tertiary/aromatic N) is 4. The number of ether oxygens (including phenoxy) is 1.